The van der Waals surface area contributed by atoms with Gasteiger partial charge in [0.2, 0.25) is 0 Å². The number of rotatable bonds is 12. The van der Waals surface area contributed by atoms with E-state index >= 15 is 0 Å². The summed E-state index contributed by atoms with van der Waals surface area (Å²) in [6, 6.07) is 0. The molecule has 0 fully saturated rings. The molecule has 1 N–H and O–H groups in total. The number of hydrogen-bond acceptors (Lipinski definition) is 1. The summed E-state index contributed by atoms with van der Waals surface area (Å²) in [5, 5.41) is 0. The molecule has 0 heterocycles. The summed E-state index contributed by atoms with van der Waals surface area (Å²) in [6.07, 6.45) is 11.4. The van der Waals surface area contributed by atoms with E-state index in [1.807, 2.05) is 36.5 Å². The lowest BCUT2D eigenvalue weighted by Gasteiger charge is -2.28. The molecular formula is C19H31N3O. The molecule has 0 aliphatic rings. The molecule has 0 bridgehead atoms. The Hall–Kier alpha value is -2.33. The molecule has 0 saturated carbocycles. The van der Waals surface area contributed by atoms with Gasteiger partial charge in [-0.2, -0.15) is 0 Å². The fraction of sp³-hybridized carbons (Fsp3) is 0.316. The number of nitrogens with zero attached hydrogens (tertiary/aromatic N) is 3. The highest BCUT2D eigenvalue weighted by atomic mass is 16.0. The van der Waals surface area contributed by atoms with E-state index < -0.39 is 0 Å². The summed E-state index contributed by atoms with van der Waals surface area (Å²) < 4.78 is 2.22. The molecule has 0 aromatic heterocycles. The third kappa shape index (κ3) is 8.02. The highest BCUT2D eigenvalue weighted by molar-refractivity contribution is 5.76. The third-order valence-corrected chi connectivity index (χ3v) is 2.95. The molecule has 0 aliphatic carbocycles. The summed E-state index contributed by atoms with van der Waals surface area (Å²) in [4.78, 5) is 4.44. The van der Waals surface area contributed by atoms with Gasteiger partial charge in [0.25, 0.3) is 0 Å². The minimum Gasteiger partial charge on any atom is -0.870 e. The van der Waals surface area contributed by atoms with Crippen molar-refractivity contribution >= 4 is 5.96 Å². The number of guanidine groups is 1. The van der Waals surface area contributed by atoms with Gasteiger partial charge in [0.15, 0.2) is 0 Å². The van der Waals surface area contributed by atoms with E-state index in [2.05, 4.69) is 53.8 Å². The third-order valence-electron chi connectivity index (χ3n) is 2.95. The second-order valence-corrected chi connectivity index (χ2v) is 4.75. The van der Waals surface area contributed by atoms with Crippen molar-refractivity contribution in [2.75, 3.05) is 39.3 Å². The Balaban J connectivity index is 0. The van der Waals surface area contributed by atoms with Crippen molar-refractivity contribution in [2.24, 2.45) is 0 Å². The Kier molecular flexibility index (Phi) is 14.6. The predicted octanol–water partition coefficient (Wildman–Crippen LogP) is 2.90. The van der Waals surface area contributed by atoms with Crippen molar-refractivity contribution in [1.82, 2.24) is 9.80 Å². The molecule has 0 aliphatic heterocycles. The summed E-state index contributed by atoms with van der Waals surface area (Å²) in [5.74, 6) is 1.08. The Morgan fingerprint density at radius 1 is 0.609 bits per heavy atom. The van der Waals surface area contributed by atoms with Crippen LogP contribution in [0.5, 0.6) is 0 Å². The van der Waals surface area contributed by atoms with Crippen molar-refractivity contribution in [3.05, 3.63) is 75.9 Å². The first-order valence-electron chi connectivity index (χ1n) is 7.47. The van der Waals surface area contributed by atoms with Gasteiger partial charge in [-0.1, -0.05) is 75.9 Å². The van der Waals surface area contributed by atoms with Gasteiger partial charge in [0.1, 0.15) is 0 Å². The van der Waals surface area contributed by atoms with E-state index in [1.54, 1.807) is 0 Å². The molecule has 0 atom stereocenters. The smallest absolute Gasteiger partial charge is 0.352 e. The largest absolute Gasteiger partial charge is 0.870 e. The predicted molar refractivity (Wildman–Crippen MR) is 101 cm³/mol. The highest BCUT2D eigenvalue weighted by Crippen LogP contribution is 2.03. The maximum atomic E-state index is 3.86. The van der Waals surface area contributed by atoms with E-state index in [0.717, 1.165) is 45.2 Å². The fourth-order valence-corrected chi connectivity index (χ4v) is 2.25. The van der Waals surface area contributed by atoms with Crippen LogP contribution in [-0.4, -0.2) is 65.1 Å². The summed E-state index contributed by atoms with van der Waals surface area (Å²) in [7, 11) is 0. The summed E-state index contributed by atoms with van der Waals surface area (Å²) in [6.45, 7) is 27.6. The van der Waals surface area contributed by atoms with Crippen molar-refractivity contribution in [3.8, 4) is 0 Å². The second-order valence-electron chi connectivity index (χ2n) is 4.75. The number of hydrogen-bond donors (Lipinski definition) is 0. The van der Waals surface area contributed by atoms with Gasteiger partial charge in [0, 0.05) is 0 Å². The fourth-order valence-electron chi connectivity index (χ4n) is 2.25. The zero-order chi connectivity index (χ0) is 16.8. The van der Waals surface area contributed by atoms with Gasteiger partial charge in [0.05, 0.1) is 39.3 Å². The van der Waals surface area contributed by atoms with Crippen LogP contribution in [0.2, 0.25) is 0 Å². The lowest BCUT2D eigenvalue weighted by molar-refractivity contribution is -0.517. The average molecular weight is 317 g/mol. The van der Waals surface area contributed by atoms with Gasteiger partial charge in [-0.3, -0.25) is 14.4 Å². The normalized spacial score (nSPS) is 8.87. The Bertz CT molecular complexity index is 380. The van der Waals surface area contributed by atoms with Gasteiger partial charge in [-0.05, 0) is 0 Å². The van der Waals surface area contributed by atoms with E-state index in [-0.39, 0.29) is 5.48 Å². The van der Waals surface area contributed by atoms with Crippen LogP contribution in [0.25, 0.3) is 0 Å². The Morgan fingerprint density at radius 3 is 1.13 bits per heavy atom. The van der Waals surface area contributed by atoms with Gasteiger partial charge < -0.3 is 5.48 Å². The molecule has 0 amide bonds. The zero-order valence-corrected chi connectivity index (χ0v) is 14.2. The Morgan fingerprint density at radius 2 is 0.913 bits per heavy atom. The van der Waals surface area contributed by atoms with Crippen LogP contribution in [0.4, 0.5) is 0 Å². The lowest BCUT2D eigenvalue weighted by atomic mass is 10.3. The Labute approximate surface area is 141 Å². The van der Waals surface area contributed by atoms with Crippen molar-refractivity contribution in [3.63, 3.8) is 0 Å². The first-order chi connectivity index (χ1) is 10.7. The van der Waals surface area contributed by atoms with Gasteiger partial charge in [-0.15, -0.1) is 0 Å². The molecule has 0 saturated heterocycles. The second kappa shape index (κ2) is 14.6. The van der Waals surface area contributed by atoms with Crippen molar-refractivity contribution < 1.29 is 10.1 Å². The maximum absolute atomic E-state index is 3.86. The molecule has 4 nitrogen and oxygen atoms in total. The SMILES string of the molecule is C=CCN(CC=C)C(N(CC=C)CC=C)=[N+](CC=C)CC=C.[OH-]. The van der Waals surface area contributed by atoms with Crippen LogP contribution in [0.15, 0.2) is 75.9 Å². The van der Waals surface area contributed by atoms with Gasteiger partial charge in [-0.25, -0.2) is 0 Å². The minimum atomic E-state index is 0. The van der Waals surface area contributed by atoms with Crippen LogP contribution in [-0.2, 0) is 0 Å². The van der Waals surface area contributed by atoms with Crippen LogP contribution in [0.1, 0.15) is 0 Å². The molecule has 0 radical (unpaired) electrons. The first-order valence-corrected chi connectivity index (χ1v) is 7.47. The molecule has 128 valence electrons. The monoisotopic (exact) mass is 317 g/mol. The summed E-state index contributed by atoms with van der Waals surface area (Å²) in [5.41, 5.74) is 0. The van der Waals surface area contributed by atoms with E-state index in [1.165, 1.54) is 0 Å². The first kappa shape index (κ1) is 22.9. The lowest BCUT2D eigenvalue weighted by Crippen LogP contribution is -2.50. The average Bonchev–Trinajstić information content (AvgIpc) is 2.49. The molecule has 4 heteroatoms. The quantitative estimate of drug-likeness (QED) is 0.240. The van der Waals surface area contributed by atoms with E-state index in [9.17, 15) is 0 Å². The van der Waals surface area contributed by atoms with Crippen molar-refractivity contribution in [2.45, 2.75) is 0 Å². The molecule has 0 aromatic rings. The maximum Gasteiger partial charge on any atom is 0.352 e. The van der Waals surface area contributed by atoms with Crippen LogP contribution in [0, 0.1) is 0 Å². The minimum absolute atomic E-state index is 0. The van der Waals surface area contributed by atoms with Crippen LogP contribution >= 0.6 is 0 Å². The topological polar surface area (TPSA) is 39.5 Å². The van der Waals surface area contributed by atoms with E-state index in [0.29, 0.717) is 0 Å². The zero-order valence-electron chi connectivity index (χ0n) is 14.2. The van der Waals surface area contributed by atoms with E-state index in [4.69, 9.17) is 0 Å². The molecule has 0 unspecified atom stereocenters. The molecule has 23 heavy (non-hydrogen) atoms. The van der Waals surface area contributed by atoms with Crippen molar-refractivity contribution in [1.29, 1.82) is 0 Å². The molecular weight excluding hydrogens is 286 g/mol. The molecule has 0 rings (SSSR count). The molecule has 0 spiro atoms. The molecule has 0 aromatic carbocycles. The summed E-state index contributed by atoms with van der Waals surface area (Å²) >= 11 is 0. The van der Waals surface area contributed by atoms with Crippen LogP contribution < -0.4 is 0 Å². The van der Waals surface area contributed by atoms with Gasteiger partial charge >= 0.3 is 5.96 Å². The highest BCUT2D eigenvalue weighted by Gasteiger charge is 2.26. The van der Waals surface area contributed by atoms with Crippen LogP contribution in [0.3, 0.4) is 0 Å². The standard InChI is InChI=1S/C19H30N3.H2O/c1-7-13-20(14-8-2)19(21(15-9-3)16-10-4)22(17-11-5)18-12-6;/h7-12H,1-6,13-18H2;1H2/q+1;/p-1.